The molecule has 0 unspecified atom stereocenters. The molecular formula is C19H20N4O2S. The van der Waals surface area contributed by atoms with Gasteiger partial charge in [0.25, 0.3) is 5.91 Å². The third kappa shape index (κ3) is 2.24. The average Bonchev–Trinajstić information content (AvgIpc) is 3.32. The van der Waals surface area contributed by atoms with Crippen molar-refractivity contribution in [1.82, 2.24) is 20.0 Å². The molecule has 1 fully saturated rings. The number of amides is 1. The molecule has 7 heteroatoms. The first kappa shape index (κ1) is 16.0. The third-order valence-corrected chi connectivity index (χ3v) is 6.59. The van der Waals surface area contributed by atoms with Gasteiger partial charge in [-0.3, -0.25) is 9.20 Å². The number of rotatable bonds is 2. The predicted molar refractivity (Wildman–Crippen MR) is 99.5 cm³/mol. The Balaban J connectivity index is 1.48. The van der Waals surface area contributed by atoms with E-state index in [1.165, 1.54) is 16.9 Å². The predicted octanol–water partition coefficient (Wildman–Crippen LogP) is 1.86. The summed E-state index contributed by atoms with van der Waals surface area (Å²) in [6, 6.07) is 7.70. The molecule has 1 aliphatic heterocycles. The maximum atomic E-state index is 12.8. The van der Waals surface area contributed by atoms with Crippen molar-refractivity contribution in [2.75, 3.05) is 13.1 Å². The molecule has 2 aromatic heterocycles. The van der Waals surface area contributed by atoms with E-state index < -0.39 is 12.1 Å². The van der Waals surface area contributed by atoms with Crippen LogP contribution < -0.4 is 10.6 Å². The second-order valence-corrected chi connectivity index (χ2v) is 7.98. The summed E-state index contributed by atoms with van der Waals surface area (Å²) in [4.78, 5) is 18.0. The molecule has 1 spiro atoms. The fourth-order valence-electron chi connectivity index (χ4n) is 4.52. The van der Waals surface area contributed by atoms with Crippen molar-refractivity contribution in [2.24, 2.45) is 0 Å². The molecule has 0 bridgehead atoms. The molecule has 134 valence electrons. The van der Waals surface area contributed by atoms with E-state index in [0.29, 0.717) is 5.69 Å². The number of nitrogens with one attached hydrogen (secondary N) is 2. The average molecular weight is 368 g/mol. The standard InChI is InChI=1S/C19H20N4O2S/c24-16-15(22-17(25)14-11-23-9-10-26-18(23)21-14)12-3-1-2-4-13(12)19(16)5-7-20-8-6-19/h1-4,9-11,15-16,20,24H,5-8H2,(H,22,25)/t15-,16+/m1/s1. The van der Waals surface area contributed by atoms with Crippen LogP contribution in [0.1, 0.15) is 40.5 Å². The maximum Gasteiger partial charge on any atom is 0.272 e. The van der Waals surface area contributed by atoms with Crippen LogP contribution in [-0.2, 0) is 5.41 Å². The Morgan fingerprint density at radius 3 is 2.96 bits per heavy atom. The van der Waals surface area contributed by atoms with Crippen LogP contribution in [-0.4, -0.2) is 39.6 Å². The van der Waals surface area contributed by atoms with Gasteiger partial charge in [0.2, 0.25) is 0 Å². The van der Waals surface area contributed by atoms with Crippen molar-refractivity contribution >= 4 is 22.2 Å². The summed E-state index contributed by atoms with van der Waals surface area (Å²) in [5.41, 5.74) is 2.29. The van der Waals surface area contributed by atoms with E-state index in [1.54, 1.807) is 6.20 Å². The van der Waals surface area contributed by atoms with Gasteiger partial charge in [0, 0.05) is 23.2 Å². The van der Waals surface area contributed by atoms with Gasteiger partial charge in [-0.2, -0.15) is 0 Å². The number of imidazole rings is 1. The molecule has 1 amide bonds. The first-order valence-corrected chi connectivity index (χ1v) is 9.78. The third-order valence-electron chi connectivity index (χ3n) is 5.82. The number of carbonyl (C=O) groups excluding carboxylic acids is 1. The minimum absolute atomic E-state index is 0.245. The highest BCUT2D eigenvalue weighted by molar-refractivity contribution is 7.15. The van der Waals surface area contributed by atoms with E-state index in [2.05, 4.69) is 21.7 Å². The number of thiazole rings is 1. The number of aromatic nitrogens is 2. The lowest BCUT2D eigenvalue weighted by Crippen LogP contribution is -2.48. The topological polar surface area (TPSA) is 78.7 Å². The van der Waals surface area contributed by atoms with Crippen molar-refractivity contribution in [2.45, 2.75) is 30.4 Å². The summed E-state index contributed by atoms with van der Waals surface area (Å²) in [5.74, 6) is -0.245. The van der Waals surface area contributed by atoms with Crippen molar-refractivity contribution in [3.8, 4) is 0 Å². The van der Waals surface area contributed by atoms with Gasteiger partial charge >= 0.3 is 0 Å². The number of hydrogen-bond acceptors (Lipinski definition) is 5. The highest BCUT2D eigenvalue weighted by Crippen LogP contribution is 2.50. The number of benzene rings is 1. The molecule has 0 saturated carbocycles. The minimum atomic E-state index is -0.630. The van der Waals surface area contributed by atoms with Crippen LogP contribution in [0.4, 0.5) is 0 Å². The van der Waals surface area contributed by atoms with Gasteiger partial charge in [0.1, 0.15) is 5.69 Å². The fourth-order valence-corrected chi connectivity index (χ4v) is 5.22. The SMILES string of the molecule is O=C(N[C@@H]1c2ccccc2C2(CCNCC2)[C@H]1O)c1cn2ccsc2n1. The number of fused-ring (bicyclic) bond motifs is 3. The fraction of sp³-hybridized carbons (Fsp3) is 0.368. The molecule has 2 atom stereocenters. The Morgan fingerprint density at radius 1 is 1.35 bits per heavy atom. The Hall–Kier alpha value is -2.22. The molecule has 26 heavy (non-hydrogen) atoms. The zero-order valence-corrected chi connectivity index (χ0v) is 15.0. The molecule has 3 aromatic rings. The molecule has 2 aliphatic rings. The first-order chi connectivity index (χ1) is 12.7. The molecule has 0 radical (unpaired) electrons. The second kappa shape index (κ2) is 5.90. The normalized spacial score (nSPS) is 24.0. The van der Waals surface area contributed by atoms with Crippen LogP contribution in [0.5, 0.6) is 0 Å². The Bertz CT molecular complexity index is 944. The van der Waals surface area contributed by atoms with E-state index in [1.807, 2.05) is 34.2 Å². The summed E-state index contributed by atoms with van der Waals surface area (Å²) < 4.78 is 1.84. The Labute approximate surface area is 154 Å². The maximum absolute atomic E-state index is 12.8. The van der Waals surface area contributed by atoms with Crippen LogP contribution in [0.25, 0.3) is 4.96 Å². The molecule has 1 saturated heterocycles. The van der Waals surface area contributed by atoms with Crippen molar-refractivity contribution in [3.05, 3.63) is 58.9 Å². The first-order valence-electron chi connectivity index (χ1n) is 8.90. The number of aliphatic hydroxyl groups excluding tert-OH is 1. The summed E-state index contributed by atoms with van der Waals surface area (Å²) in [6.07, 6.45) is 4.73. The molecular weight excluding hydrogens is 348 g/mol. The lowest BCUT2D eigenvalue weighted by Gasteiger charge is -2.38. The minimum Gasteiger partial charge on any atom is -0.390 e. The monoisotopic (exact) mass is 368 g/mol. The van der Waals surface area contributed by atoms with E-state index in [9.17, 15) is 9.90 Å². The molecule has 5 rings (SSSR count). The second-order valence-electron chi connectivity index (χ2n) is 7.11. The largest absolute Gasteiger partial charge is 0.390 e. The lowest BCUT2D eigenvalue weighted by molar-refractivity contribution is 0.0417. The van der Waals surface area contributed by atoms with Crippen LogP contribution in [0, 0.1) is 0 Å². The van der Waals surface area contributed by atoms with Crippen molar-refractivity contribution < 1.29 is 9.90 Å². The molecule has 1 aliphatic carbocycles. The molecule has 3 N–H and O–H groups in total. The number of piperidine rings is 1. The van der Waals surface area contributed by atoms with Crippen LogP contribution in [0.3, 0.4) is 0 Å². The number of aliphatic hydroxyl groups is 1. The van der Waals surface area contributed by atoms with Gasteiger partial charge in [-0.05, 0) is 37.1 Å². The number of hydrogen-bond donors (Lipinski definition) is 3. The molecule has 1 aromatic carbocycles. The van der Waals surface area contributed by atoms with Gasteiger partial charge in [0.05, 0.1) is 12.1 Å². The van der Waals surface area contributed by atoms with Crippen LogP contribution >= 0.6 is 11.3 Å². The quantitative estimate of drug-likeness (QED) is 0.645. The van der Waals surface area contributed by atoms with Crippen LogP contribution in [0.2, 0.25) is 0 Å². The number of carbonyl (C=O) groups is 1. The zero-order chi connectivity index (χ0) is 17.7. The Morgan fingerprint density at radius 2 is 2.15 bits per heavy atom. The lowest BCUT2D eigenvalue weighted by atomic mass is 9.72. The summed E-state index contributed by atoms with van der Waals surface area (Å²) in [6.45, 7) is 1.76. The van der Waals surface area contributed by atoms with Gasteiger partial charge in [-0.1, -0.05) is 24.3 Å². The molecule has 6 nitrogen and oxygen atoms in total. The van der Waals surface area contributed by atoms with Crippen molar-refractivity contribution in [3.63, 3.8) is 0 Å². The van der Waals surface area contributed by atoms with Gasteiger partial charge in [-0.15, -0.1) is 11.3 Å². The van der Waals surface area contributed by atoms with Gasteiger partial charge < -0.3 is 15.7 Å². The van der Waals surface area contributed by atoms with Gasteiger partial charge in [-0.25, -0.2) is 4.98 Å². The highest BCUT2D eigenvalue weighted by Gasteiger charge is 2.52. The summed E-state index contributed by atoms with van der Waals surface area (Å²) >= 11 is 1.49. The summed E-state index contributed by atoms with van der Waals surface area (Å²) in [7, 11) is 0. The van der Waals surface area contributed by atoms with E-state index >= 15 is 0 Å². The smallest absolute Gasteiger partial charge is 0.272 e. The van der Waals surface area contributed by atoms with Crippen LogP contribution in [0.15, 0.2) is 42.0 Å². The van der Waals surface area contributed by atoms with E-state index in [-0.39, 0.29) is 11.3 Å². The van der Waals surface area contributed by atoms with Gasteiger partial charge in [0.15, 0.2) is 4.96 Å². The molecule has 3 heterocycles. The zero-order valence-electron chi connectivity index (χ0n) is 14.2. The van der Waals surface area contributed by atoms with E-state index in [0.717, 1.165) is 36.5 Å². The summed E-state index contributed by atoms with van der Waals surface area (Å²) in [5, 5.41) is 19.6. The van der Waals surface area contributed by atoms with Crippen molar-refractivity contribution in [1.29, 1.82) is 0 Å². The number of nitrogens with zero attached hydrogens (tertiary/aromatic N) is 2. The Kier molecular flexibility index (Phi) is 3.63. The highest BCUT2D eigenvalue weighted by atomic mass is 32.1. The van der Waals surface area contributed by atoms with E-state index in [4.69, 9.17) is 0 Å².